The number of benzene rings is 1. The number of hydrogen-bond donors (Lipinski definition) is 2. The Balaban J connectivity index is 1.49. The summed E-state index contributed by atoms with van der Waals surface area (Å²) in [7, 11) is 0. The topological polar surface area (TPSA) is 121 Å². The van der Waals surface area contributed by atoms with Gasteiger partial charge in [-0.05, 0) is 39.8 Å². The van der Waals surface area contributed by atoms with Crippen molar-refractivity contribution in [3.8, 4) is 0 Å². The highest BCUT2D eigenvalue weighted by molar-refractivity contribution is 8.00. The van der Waals surface area contributed by atoms with Gasteiger partial charge in [-0.1, -0.05) is 11.8 Å². The molecule has 1 fully saturated rings. The van der Waals surface area contributed by atoms with Crippen molar-refractivity contribution in [2.24, 2.45) is 0 Å². The Bertz CT molecular complexity index is 1280. The Kier molecular flexibility index (Phi) is 6.43. The predicted octanol–water partition coefficient (Wildman–Crippen LogP) is 2.64. The number of piperazine rings is 1. The van der Waals surface area contributed by atoms with Crippen LogP contribution >= 0.6 is 11.8 Å². The van der Waals surface area contributed by atoms with Gasteiger partial charge in [-0.3, -0.25) is 9.59 Å². The van der Waals surface area contributed by atoms with Crippen LogP contribution in [0.15, 0.2) is 22.0 Å². The molecule has 2 N–H and O–H groups in total. The number of pyridine rings is 1. The van der Waals surface area contributed by atoms with E-state index in [4.69, 9.17) is 4.74 Å². The SMILES string of the molecule is CC1Sc2c(C(=O)O)c(=O)c3cc(F)c(N4CCN(C(=O)CNC(=O)OC(C)(C)C)CC4)cc3n21. The van der Waals surface area contributed by atoms with Gasteiger partial charge in [0.15, 0.2) is 0 Å². The highest BCUT2D eigenvalue weighted by Crippen LogP contribution is 2.46. The van der Waals surface area contributed by atoms with Crippen molar-refractivity contribution in [2.75, 3.05) is 37.6 Å². The summed E-state index contributed by atoms with van der Waals surface area (Å²) >= 11 is 1.29. The molecule has 12 heteroatoms. The first-order chi connectivity index (χ1) is 16.4. The molecule has 1 saturated heterocycles. The molecule has 2 aromatic rings. The number of fused-ring (bicyclic) bond motifs is 3. The van der Waals surface area contributed by atoms with Crippen molar-refractivity contribution in [3.63, 3.8) is 0 Å². The third-order valence-corrected chi connectivity index (χ3v) is 7.02. The van der Waals surface area contributed by atoms with Gasteiger partial charge in [0, 0.05) is 31.6 Å². The van der Waals surface area contributed by atoms with Crippen LogP contribution in [0.1, 0.15) is 43.4 Å². The first-order valence-electron chi connectivity index (χ1n) is 11.2. The van der Waals surface area contributed by atoms with E-state index in [2.05, 4.69) is 5.32 Å². The number of nitrogens with one attached hydrogen (secondary N) is 1. The fourth-order valence-electron chi connectivity index (χ4n) is 4.24. The molecule has 1 unspecified atom stereocenters. The molecule has 2 aliphatic heterocycles. The van der Waals surface area contributed by atoms with Gasteiger partial charge in [-0.15, -0.1) is 0 Å². The highest BCUT2D eigenvalue weighted by Gasteiger charge is 2.33. The van der Waals surface area contributed by atoms with Gasteiger partial charge in [0.25, 0.3) is 0 Å². The maximum atomic E-state index is 15.1. The molecule has 1 aromatic heterocycles. The molecule has 0 spiro atoms. The number of aromatic nitrogens is 1. The number of alkyl carbamates (subject to hydrolysis) is 1. The lowest BCUT2D eigenvalue weighted by Gasteiger charge is -2.37. The summed E-state index contributed by atoms with van der Waals surface area (Å²) < 4.78 is 22.0. The number of nitrogens with zero attached hydrogens (tertiary/aromatic N) is 3. The van der Waals surface area contributed by atoms with Gasteiger partial charge in [-0.2, -0.15) is 0 Å². The molecule has 4 rings (SSSR count). The average Bonchev–Trinajstić information content (AvgIpc) is 2.76. The van der Waals surface area contributed by atoms with E-state index in [9.17, 15) is 24.3 Å². The molecule has 0 bridgehead atoms. The van der Waals surface area contributed by atoms with E-state index >= 15 is 4.39 Å². The summed E-state index contributed by atoms with van der Waals surface area (Å²) in [6.07, 6.45) is -0.673. The number of thioether (sulfide) groups is 1. The van der Waals surface area contributed by atoms with Gasteiger partial charge in [0.05, 0.1) is 21.6 Å². The van der Waals surface area contributed by atoms with Crippen molar-refractivity contribution in [3.05, 3.63) is 33.7 Å². The van der Waals surface area contributed by atoms with Crippen molar-refractivity contribution in [1.82, 2.24) is 14.8 Å². The van der Waals surface area contributed by atoms with Crippen LogP contribution in [0.2, 0.25) is 0 Å². The number of halogens is 1. The van der Waals surface area contributed by atoms with Gasteiger partial charge in [0.2, 0.25) is 11.3 Å². The molecule has 3 heterocycles. The zero-order valence-corrected chi connectivity index (χ0v) is 20.7. The summed E-state index contributed by atoms with van der Waals surface area (Å²) in [6, 6.07) is 2.68. The van der Waals surface area contributed by atoms with Crippen LogP contribution in [0, 0.1) is 5.82 Å². The normalized spacial score (nSPS) is 17.6. The fourth-order valence-corrected chi connectivity index (χ4v) is 5.39. The van der Waals surface area contributed by atoms with Gasteiger partial charge in [-0.25, -0.2) is 14.0 Å². The standard InChI is InChI=1S/C23H27FN4O6S/c1-12-28-15-10-16(14(24)9-13(15)19(30)18(21(31)32)20(28)35-12)26-5-7-27(8-6-26)17(29)11-25-22(33)34-23(2,3)4/h9-10,12H,5-8,11H2,1-4H3,(H,25,33)(H,31,32). The van der Waals surface area contributed by atoms with E-state index in [1.54, 1.807) is 41.2 Å². The van der Waals surface area contributed by atoms with Crippen LogP contribution in [0.25, 0.3) is 10.9 Å². The Morgan fingerprint density at radius 1 is 1.20 bits per heavy atom. The zero-order valence-electron chi connectivity index (χ0n) is 19.9. The summed E-state index contributed by atoms with van der Waals surface area (Å²) in [6.45, 7) is 8.24. The molecule has 10 nitrogen and oxygen atoms in total. The Labute approximate surface area is 205 Å². The monoisotopic (exact) mass is 506 g/mol. The molecule has 2 aliphatic rings. The predicted molar refractivity (Wildman–Crippen MR) is 129 cm³/mol. The second-order valence-corrected chi connectivity index (χ2v) is 10.8. The minimum absolute atomic E-state index is 0.0292. The van der Waals surface area contributed by atoms with E-state index in [1.165, 1.54) is 11.8 Å². The number of anilines is 1. The number of carbonyl (C=O) groups excluding carboxylic acids is 2. The van der Waals surface area contributed by atoms with Gasteiger partial charge >= 0.3 is 12.1 Å². The second-order valence-electron chi connectivity index (χ2n) is 9.45. The summed E-state index contributed by atoms with van der Waals surface area (Å²) in [4.78, 5) is 52.0. The van der Waals surface area contributed by atoms with Crippen LogP contribution in [0.5, 0.6) is 0 Å². The fraction of sp³-hybridized carbons (Fsp3) is 0.478. The lowest BCUT2D eigenvalue weighted by atomic mass is 10.1. The Morgan fingerprint density at radius 3 is 2.43 bits per heavy atom. The van der Waals surface area contributed by atoms with Crippen molar-refractivity contribution in [1.29, 1.82) is 0 Å². The molecule has 2 amide bonds. The average molecular weight is 507 g/mol. The minimum Gasteiger partial charge on any atom is -0.477 e. The smallest absolute Gasteiger partial charge is 0.408 e. The summed E-state index contributed by atoms with van der Waals surface area (Å²) in [5, 5.41) is 12.2. The van der Waals surface area contributed by atoms with Crippen LogP contribution in [-0.2, 0) is 9.53 Å². The highest BCUT2D eigenvalue weighted by atomic mass is 32.2. The quantitative estimate of drug-likeness (QED) is 0.649. The van der Waals surface area contributed by atoms with Crippen molar-refractivity contribution in [2.45, 2.75) is 43.7 Å². The molecule has 0 saturated carbocycles. The number of aromatic carboxylic acids is 1. The lowest BCUT2D eigenvalue weighted by molar-refractivity contribution is -0.130. The molecule has 188 valence electrons. The number of hydrogen-bond acceptors (Lipinski definition) is 7. The van der Waals surface area contributed by atoms with E-state index in [0.717, 1.165) is 6.07 Å². The van der Waals surface area contributed by atoms with Crippen molar-refractivity contribution < 1.29 is 28.6 Å². The number of amides is 2. The molecular weight excluding hydrogens is 479 g/mol. The summed E-state index contributed by atoms with van der Waals surface area (Å²) in [5.41, 5.74) is -0.924. The maximum Gasteiger partial charge on any atom is 0.408 e. The molecule has 35 heavy (non-hydrogen) atoms. The zero-order chi connectivity index (χ0) is 25.7. The van der Waals surface area contributed by atoms with Crippen LogP contribution in [0.4, 0.5) is 14.9 Å². The van der Waals surface area contributed by atoms with Crippen LogP contribution in [-0.4, -0.2) is 70.9 Å². The van der Waals surface area contributed by atoms with E-state index < -0.39 is 28.9 Å². The largest absolute Gasteiger partial charge is 0.477 e. The third-order valence-electron chi connectivity index (χ3n) is 5.84. The summed E-state index contributed by atoms with van der Waals surface area (Å²) in [5.74, 6) is -2.22. The Morgan fingerprint density at radius 2 is 1.86 bits per heavy atom. The second kappa shape index (κ2) is 9.06. The number of carboxylic acids is 1. The molecule has 1 aromatic carbocycles. The van der Waals surface area contributed by atoms with Gasteiger partial charge in [0.1, 0.15) is 23.5 Å². The molecule has 0 radical (unpaired) electrons. The minimum atomic E-state index is -1.33. The van der Waals surface area contributed by atoms with Gasteiger partial charge < -0.3 is 29.5 Å². The Hall–Kier alpha value is -3.28. The number of rotatable bonds is 4. The first-order valence-corrected chi connectivity index (χ1v) is 12.1. The first kappa shape index (κ1) is 24.8. The maximum absolute atomic E-state index is 15.1. The molecular formula is C23H27FN4O6S. The van der Waals surface area contributed by atoms with Crippen LogP contribution in [0.3, 0.4) is 0 Å². The number of carbonyl (C=O) groups is 3. The molecule has 0 aliphatic carbocycles. The van der Waals surface area contributed by atoms with E-state index in [-0.39, 0.29) is 34.5 Å². The van der Waals surface area contributed by atoms with Crippen LogP contribution < -0.4 is 15.6 Å². The van der Waals surface area contributed by atoms with Crippen molar-refractivity contribution >= 4 is 46.3 Å². The van der Waals surface area contributed by atoms with E-state index in [0.29, 0.717) is 36.7 Å². The number of ether oxygens (including phenoxy) is 1. The molecule has 1 atom stereocenters. The number of carboxylic acid groups (broad SMARTS) is 1. The van der Waals surface area contributed by atoms with E-state index in [1.807, 2.05) is 6.92 Å². The third kappa shape index (κ3) is 4.79. The lowest BCUT2D eigenvalue weighted by Crippen LogP contribution is -2.51.